The van der Waals surface area contributed by atoms with Gasteiger partial charge in [0.1, 0.15) is 11.6 Å². The fourth-order valence-corrected chi connectivity index (χ4v) is 4.76. The van der Waals surface area contributed by atoms with Gasteiger partial charge in [-0.2, -0.15) is 0 Å². The Balaban J connectivity index is 1.66. The summed E-state index contributed by atoms with van der Waals surface area (Å²) in [7, 11) is 0. The molecule has 0 fully saturated rings. The average Bonchev–Trinajstić information content (AvgIpc) is 3.17. The number of fused-ring (bicyclic) bond motifs is 3. The highest BCUT2D eigenvalue weighted by Crippen LogP contribution is 2.34. The summed E-state index contributed by atoms with van der Waals surface area (Å²) in [5, 5.41) is 16.0. The lowest BCUT2D eigenvalue weighted by Gasteiger charge is -2.38. The number of aromatic nitrogens is 1. The van der Waals surface area contributed by atoms with Gasteiger partial charge in [0, 0.05) is 23.0 Å². The van der Waals surface area contributed by atoms with E-state index in [1.807, 2.05) is 24.3 Å². The third-order valence-corrected chi connectivity index (χ3v) is 6.63. The zero-order valence-electron chi connectivity index (χ0n) is 19.7. The third kappa shape index (κ3) is 4.84. The molecule has 1 aliphatic carbocycles. The van der Waals surface area contributed by atoms with E-state index >= 15 is 0 Å². The number of hydrogen-bond acceptors (Lipinski definition) is 4. The summed E-state index contributed by atoms with van der Waals surface area (Å²) in [4.78, 5) is 42.1. The molecule has 0 aliphatic heterocycles. The number of rotatable bonds is 7. The number of H-pyrrole nitrogens is 1. The number of aromatic hydroxyl groups is 1. The maximum Gasteiger partial charge on any atom is 0.246 e. The van der Waals surface area contributed by atoms with Crippen molar-refractivity contribution < 1.29 is 23.9 Å². The van der Waals surface area contributed by atoms with E-state index in [-0.39, 0.29) is 18.8 Å². The zero-order chi connectivity index (χ0) is 25.3. The van der Waals surface area contributed by atoms with Crippen LogP contribution in [0.25, 0.3) is 10.9 Å². The van der Waals surface area contributed by atoms with Crippen molar-refractivity contribution in [2.75, 3.05) is 0 Å². The molecule has 0 saturated heterocycles. The quantitative estimate of drug-likeness (QED) is 0.354. The number of halogens is 1. The standard InChI is InChI=1S/C26H29FN4O4/c1-14(2)23(24(28)34)30-25(35)26(31-22(33)12-15-7-8-21(32)18(27)11-15)10-9-20-17(13-26)16-5-3-4-6-19(16)29-20/h3-8,11,14,23,29,32H,9-10,12-13H2,1-2H3,(H2,28,34)(H,30,35)(H,31,33)/t23-,26+/m0/s1. The predicted octanol–water partition coefficient (Wildman–Crippen LogP) is 2.23. The highest BCUT2D eigenvalue weighted by atomic mass is 19.1. The molecule has 6 N–H and O–H groups in total. The molecular formula is C26H29FN4O4. The molecular weight excluding hydrogens is 451 g/mol. The molecule has 9 heteroatoms. The number of carbonyl (C=O) groups is 3. The van der Waals surface area contributed by atoms with Gasteiger partial charge >= 0.3 is 0 Å². The van der Waals surface area contributed by atoms with Crippen molar-refractivity contribution in [1.29, 1.82) is 0 Å². The van der Waals surface area contributed by atoms with Crippen molar-refractivity contribution in [3.63, 3.8) is 0 Å². The van der Waals surface area contributed by atoms with Crippen molar-refractivity contribution in [2.45, 2.75) is 51.1 Å². The minimum absolute atomic E-state index is 0.184. The first kappa shape index (κ1) is 24.3. The highest BCUT2D eigenvalue weighted by molar-refractivity contribution is 5.97. The SMILES string of the molecule is CC(C)[C@H](NC(=O)[C@@]1(NC(=O)Cc2ccc(O)c(F)c2)CCc2[nH]c3ccccc3c2C1)C(N)=O. The van der Waals surface area contributed by atoms with Crippen LogP contribution in [0.5, 0.6) is 5.75 Å². The summed E-state index contributed by atoms with van der Waals surface area (Å²) in [6, 6.07) is 10.6. The van der Waals surface area contributed by atoms with E-state index in [0.717, 1.165) is 28.2 Å². The lowest BCUT2D eigenvalue weighted by Crippen LogP contribution is -2.64. The maximum absolute atomic E-state index is 13.8. The van der Waals surface area contributed by atoms with Crippen LogP contribution in [0.4, 0.5) is 4.39 Å². The Morgan fingerprint density at radius 1 is 1.20 bits per heavy atom. The molecule has 0 saturated carbocycles. The second-order valence-corrected chi connectivity index (χ2v) is 9.49. The molecule has 0 bridgehead atoms. The van der Waals surface area contributed by atoms with Gasteiger partial charge in [-0.3, -0.25) is 14.4 Å². The molecule has 1 heterocycles. The van der Waals surface area contributed by atoms with E-state index in [1.54, 1.807) is 13.8 Å². The minimum atomic E-state index is -1.33. The summed E-state index contributed by atoms with van der Waals surface area (Å²) >= 11 is 0. The number of phenols is 1. The van der Waals surface area contributed by atoms with E-state index in [2.05, 4.69) is 15.6 Å². The summed E-state index contributed by atoms with van der Waals surface area (Å²) in [6.07, 6.45) is 0.847. The van der Waals surface area contributed by atoms with Crippen molar-refractivity contribution >= 4 is 28.6 Å². The Bertz CT molecular complexity index is 1300. The number of nitrogens with two attached hydrogens (primary N) is 1. The van der Waals surface area contributed by atoms with E-state index in [0.29, 0.717) is 18.4 Å². The van der Waals surface area contributed by atoms with Gasteiger partial charge in [0.25, 0.3) is 0 Å². The first-order valence-corrected chi connectivity index (χ1v) is 11.6. The van der Waals surface area contributed by atoms with Crippen LogP contribution in [0, 0.1) is 11.7 Å². The zero-order valence-corrected chi connectivity index (χ0v) is 19.7. The number of phenolic OH excluding ortho intramolecular Hbond substituents is 1. The Hall–Kier alpha value is -3.88. The first-order chi connectivity index (χ1) is 16.6. The van der Waals surface area contributed by atoms with Crippen LogP contribution in [0.1, 0.15) is 37.1 Å². The smallest absolute Gasteiger partial charge is 0.246 e. The van der Waals surface area contributed by atoms with Crippen molar-refractivity contribution in [2.24, 2.45) is 11.7 Å². The second kappa shape index (κ2) is 9.40. The molecule has 1 aromatic heterocycles. The number of amides is 3. The Kier molecular flexibility index (Phi) is 6.51. The van der Waals surface area contributed by atoms with Crippen LogP contribution in [0.15, 0.2) is 42.5 Å². The first-order valence-electron chi connectivity index (χ1n) is 11.6. The highest BCUT2D eigenvalue weighted by Gasteiger charge is 2.45. The molecule has 1 aliphatic rings. The Morgan fingerprint density at radius 2 is 1.94 bits per heavy atom. The normalized spacial score (nSPS) is 18.2. The molecule has 3 aromatic rings. The van der Waals surface area contributed by atoms with Crippen LogP contribution < -0.4 is 16.4 Å². The number of carbonyl (C=O) groups excluding carboxylic acids is 3. The van der Waals surface area contributed by atoms with E-state index in [4.69, 9.17) is 5.73 Å². The molecule has 2 atom stereocenters. The lowest BCUT2D eigenvalue weighted by atomic mass is 9.78. The molecule has 0 spiro atoms. The van der Waals surface area contributed by atoms with Gasteiger partial charge in [-0.05, 0) is 48.1 Å². The fourth-order valence-electron chi connectivity index (χ4n) is 4.76. The lowest BCUT2D eigenvalue weighted by molar-refractivity contribution is -0.136. The molecule has 0 unspecified atom stereocenters. The molecule has 3 amide bonds. The van der Waals surface area contributed by atoms with Gasteiger partial charge in [-0.1, -0.05) is 38.1 Å². The molecule has 184 valence electrons. The van der Waals surface area contributed by atoms with E-state index in [1.165, 1.54) is 12.1 Å². The molecule has 8 nitrogen and oxygen atoms in total. The van der Waals surface area contributed by atoms with Gasteiger partial charge in [0.2, 0.25) is 17.7 Å². The molecule has 4 rings (SSSR count). The van der Waals surface area contributed by atoms with Crippen molar-refractivity contribution in [1.82, 2.24) is 15.6 Å². The topological polar surface area (TPSA) is 137 Å². The summed E-state index contributed by atoms with van der Waals surface area (Å²) in [6.45, 7) is 3.55. The molecule has 2 aromatic carbocycles. The van der Waals surface area contributed by atoms with Crippen molar-refractivity contribution in [3.05, 3.63) is 65.1 Å². The maximum atomic E-state index is 13.8. The van der Waals surface area contributed by atoms with Crippen molar-refractivity contribution in [3.8, 4) is 5.75 Å². The predicted molar refractivity (Wildman–Crippen MR) is 129 cm³/mol. The van der Waals surface area contributed by atoms with Gasteiger partial charge in [-0.15, -0.1) is 0 Å². The van der Waals surface area contributed by atoms with E-state index in [9.17, 15) is 23.9 Å². The van der Waals surface area contributed by atoms with E-state index < -0.39 is 40.9 Å². The second-order valence-electron chi connectivity index (χ2n) is 9.49. The largest absolute Gasteiger partial charge is 0.505 e. The summed E-state index contributed by atoms with van der Waals surface area (Å²) < 4.78 is 13.8. The van der Waals surface area contributed by atoms with Gasteiger partial charge < -0.3 is 26.5 Å². The minimum Gasteiger partial charge on any atom is -0.505 e. The number of aromatic amines is 1. The fraction of sp³-hybridized carbons (Fsp3) is 0.346. The summed E-state index contributed by atoms with van der Waals surface area (Å²) in [5.74, 6) is -3.19. The van der Waals surface area contributed by atoms with Gasteiger partial charge in [0.05, 0.1) is 6.42 Å². The molecule has 0 radical (unpaired) electrons. The number of aryl methyl sites for hydroxylation is 1. The molecule has 35 heavy (non-hydrogen) atoms. The monoisotopic (exact) mass is 480 g/mol. The summed E-state index contributed by atoms with van der Waals surface area (Å²) in [5.41, 5.74) is 7.42. The average molecular weight is 481 g/mol. The van der Waals surface area contributed by atoms with Gasteiger partial charge in [0.15, 0.2) is 11.6 Å². The number of hydrogen-bond donors (Lipinski definition) is 5. The number of primary amides is 1. The van der Waals surface area contributed by atoms with Crippen LogP contribution in [-0.4, -0.2) is 39.4 Å². The van der Waals surface area contributed by atoms with Crippen LogP contribution >= 0.6 is 0 Å². The number of nitrogens with one attached hydrogen (secondary N) is 3. The Labute approximate surface area is 202 Å². The number of benzene rings is 2. The Morgan fingerprint density at radius 3 is 2.63 bits per heavy atom. The van der Waals surface area contributed by atoms with Crippen LogP contribution in [0.2, 0.25) is 0 Å². The van der Waals surface area contributed by atoms with Gasteiger partial charge in [-0.25, -0.2) is 4.39 Å². The van der Waals surface area contributed by atoms with Crippen LogP contribution in [-0.2, 0) is 33.6 Å². The number of para-hydroxylation sites is 1. The third-order valence-electron chi connectivity index (χ3n) is 6.63. The van der Waals surface area contributed by atoms with Crippen LogP contribution in [0.3, 0.4) is 0 Å².